The van der Waals surface area contributed by atoms with Crippen LogP contribution in [0, 0.1) is 0 Å². The fraction of sp³-hybridized carbons (Fsp3) is 0.556. The second-order valence-corrected chi connectivity index (χ2v) is 3.82. The molecule has 8 heteroatoms. The molecule has 0 aliphatic heterocycles. The van der Waals surface area contributed by atoms with Crippen LogP contribution in [0.5, 0.6) is 0 Å². The van der Waals surface area contributed by atoms with Crippen LogP contribution in [0.3, 0.4) is 0 Å². The average Bonchev–Trinajstić information content (AvgIpc) is 2.57. The van der Waals surface area contributed by atoms with Crippen LogP contribution >= 0.6 is 11.6 Å². The topological polar surface area (TPSA) is 38.1 Å². The van der Waals surface area contributed by atoms with Gasteiger partial charge in [0.2, 0.25) is 0 Å². The van der Waals surface area contributed by atoms with Crippen LogP contribution in [-0.2, 0) is 17.9 Å². The van der Waals surface area contributed by atoms with Crippen molar-refractivity contribution in [2.24, 2.45) is 0 Å². The van der Waals surface area contributed by atoms with Crippen molar-refractivity contribution in [3.63, 3.8) is 0 Å². The quantitative estimate of drug-likeness (QED) is 0.843. The second-order valence-electron chi connectivity index (χ2n) is 3.41. The molecule has 0 N–H and O–H groups in total. The summed E-state index contributed by atoms with van der Waals surface area (Å²) in [6, 6.07) is 0. The zero-order valence-electron chi connectivity index (χ0n) is 9.25. The maximum atomic E-state index is 12.2. The summed E-state index contributed by atoms with van der Waals surface area (Å²) in [6.45, 7) is 2.01. The summed E-state index contributed by atoms with van der Waals surface area (Å²) in [4.78, 5) is 11.5. The highest BCUT2D eigenvalue weighted by atomic mass is 35.5. The van der Waals surface area contributed by atoms with Crippen molar-refractivity contribution >= 4 is 17.5 Å². The lowest BCUT2D eigenvalue weighted by molar-refractivity contribution is -0.184. The molecule has 17 heavy (non-hydrogen) atoms. The van der Waals surface area contributed by atoms with Crippen molar-refractivity contribution < 1.29 is 18.0 Å². The number of aromatic nitrogens is 2. The van der Waals surface area contributed by atoms with Crippen LogP contribution in [-0.4, -0.2) is 33.8 Å². The highest BCUT2D eigenvalue weighted by Crippen LogP contribution is 2.21. The highest BCUT2D eigenvalue weighted by Gasteiger charge is 2.41. The first-order chi connectivity index (χ1) is 7.77. The molecule has 1 aromatic rings. The van der Waals surface area contributed by atoms with Gasteiger partial charge in [-0.2, -0.15) is 18.3 Å². The van der Waals surface area contributed by atoms with Gasteiger partial charge in [-0.1, -0.05) is 11.6 Å². The largest absolute Gasteiger partial charge is 0.471 e. The Kier molecular flexibility index (Phi) is 4.03. The summed E-state index contributed by atoms with van der Waals surface area (Å²) in [7, 11) is 1.07. The van der Waals surface area contributed by atoms with E-state index in [1.54, 1.807) is 6.92 Å². The normalized spacial score (nSPS) is 11.6. The first-order valence-corrected chi connectivity index (χ1v) is 5.17. The van der Waals surface area contributed by atoms with Gasteiger partial charge in [-0.25, -0.2) is 0 Å². The molecule has 0 spiro atoms. The van der Waals surface area contributed by atoms with Gasteiger partial charge in [0, 0.05) is 13.6 Å². The third-order valence-corrected chi connectivity index (χ3v) is 2.49. The molecule has 96 valence electrons. The predicted molar refractivity (Wildman–Crippen MR) is 55.4 cm³/mol. The summed E-state index contributed by atoms with van der Waals surface area (Å²) in [5, 5.41) is 4.12. The molecule has 0 radical (unpaired) electrons. The maximum absolute atomic E-state index is 12.2. The Balaban J connectivity index is 2.84. The van der Waals surface area contributed by atoms with Crippen LogP contribution in [0.4, 0.5) is 13.2 Å². The Morgan fingerprint density at radius 1 is 1.59 bits per heavy atom. The number of hydrogen-bond acceptors (Lipinski definition) is 2. The van der Waals surface area contributed by atoms with Gasteiger partial charge in [0.25, 0.3) is 0 Å². The Morgan fingerprint density at radius 2 is 2.18 bits per heavy atom. The van der Waals surface area contributed by atoms with E-state index in [0.717, 1.165) is 7.05 Å². The van der Waals surface area contributed by atoms with E-state index in [2.05, 4.69) is 5.10 Å². The van der Waals surface area contributed by atoms with E-state index in [0.29, 0.717) is 17.1 Å². The molecule has 0 aliphatic carbocycles. The first kappa shape index (κ1) is 13.8. The van der Waals surface area contributed by atoms with Gasteiger partial charge in [-0.3, -0.25) is 9.48 Å². The molecule has 0 unspecified atom stereocenters. The zero-order chi connectivity index (χ0) is 13.2. The second kappa shape index (κ2) is 4.95. The Hall–Kier alpha value is -1.24. The summed E-state index contributed by atoms with van der Waals surface area (Å²) in [5.74, 6) is -1.91. The number of carbonyl (C=O) groups excluding carboxylic acids is 1. The summed E-state index contributed by atoms with van der Waals surface area (Å²) in [6.07, 6.45) is -3.54. The number of rotatable bonds is 3. The van der Waals surface area contributed by atoms with Gasteiger partial charge in [0.1, 0.15) is 0 Å². The van der Waals surface area contributed by atoms with Crippen LogP contribution in [0.25, 0.3) is 0 Å². The zero-order valence-corrected chi connectivity index (χ0v) is 10.0. The lowest BCUT2D eigenvalue weighted by Gasteiger charge is -2.19. The maximum Gasteiger partial charge on any atom is 0.471 e. The van der Waals surface area contributed by atoms with Crippen molar-refractivity contribution in [1.82, 2.24) is 14.7 Å². The average molecular weight is 270 g/mol. The third-order valence-electron chi connectivity index (χ3n) is 2.17. The van der Waals surface area contributed by atoms with E-state index in [1.807, 2.05) is 0 Å². The van der Waals surface area contributed by atoms with Gasteiger partial charge < -0.3 is 4.90 Å². The SMILES string of the molecule is CCn1ncc(Cl)c1CN(C)C(=O)C(F)(F)F. The van der Waals surface area contributed by atoms with Crippen molar-refractivity contribution in [3.8, 4) is 0 Å². The molecule has 0 fully saturated rings. The van der Waals surface area contributed by atoms with Crippen LogP contribution < -0.4 is 0 Å². The number of nitrogens with zero attached hydrogens (tertiary/aromatic N) is 3. The van der Waals surface area contributed by atoms with Gasteiger partial charge >= 0.3 is 12.1 Å². The number of hydrogen-bond donors (Lipinski definition) is 0. The smallest absolute Gasteiger partial charge is 0.332 e. The fourth-order valence-corrected chi connectivity index (χ4v) is 1.53. The molecule has 1 rings (SSSR count). The Labute approximate surface area is 101 Å². The molecule has 4 nitrogen and oxygen atoms in total. The van der Waals surface area contributed by atoms with Gasteiger partial charge in [0.15, 0.2) is 0 Å². The van der Waals surface area contributed by atoms with E-state index < -0.39 is 12.1 Å². The first-order valence-electron chi connectivity index (χ1n) is 4.79. The van der Waals surface area contributed by atoms with Crippen molar-refractivity contribution in [1.29, 1.82) is 0 Å². The third kappa shape index (κ3) is 3.12. The standard InChI is InChI=1S/C9H11ClF3N3O/c1-3-16-7(6(10)4-14-16)5-15(2)8(17)9(11,12)13/h4H,3,5H2,1-2H3. The molecular weight excluding hydrogens is 259 g/mol. The minimum Gasteiger partial charge on any atom is -0.332 e. The minimum atomic E-state index is -4.88. The van der Waals surface area contributed by atoms with Crippen LogP contribution in [0.1, 0.15) is 12.6 Å². The van der Waals surface area contributed by atoms with Gasteiger partial charge in [-0.05, 0) is 6.92 Å². The number of amides is 1. The van der Waals surface area contributed by atoms with E-state index in [9.17, 15) is 18.0 Å². The monoisotopic (exact) mass is 269 g/mol. The molecule has 0 atom stereocenters. The van der Waals surface area contributed by atoms with Crippen molar-refractivity contribution in [2.45, 2.75) is 26.2 Å². The minimum absolute atomic E-state index is 0.231. The number of carbonyl (C=O) groups is 1. The molecule has 0 saturated heterocycles. The molecule has 0 bridgehead atoms. The number of aryl methyl sites for hydroxylation is 1. The summed E-state index contributed by atoms with van der Waals surface area (Å²) >= 11 is 5.78. The van der Waals surface area contributed by atoms with Gasteiger partial charge in [-0.15, -0.1) is 0 Å². The Bertz CT molecular complexity index is 416. The van der Waals surface area contributed by atoms with Crippen molar-refractivity contribution in [2.75, 3.05) is 7.05 Å². The van der Waals surface area contributed by atoms with E-state index >= 15 is 0 Å². The van der Waals surface area contributed by atoms with Crippen LogP contribution in [0.15, 0.2) is 6.20 Å². The fourth-order valence-electron chi connectivity index (χ4n) is 1.33. The molecule has 1 heterocycles. The molecule has 1 aromatic heterocycles. The molecule has 1 amide bonds. The Morgan fingerprint density at radius 3 is 2.65 bits per heavy atom. The number of halogens is 4. The summed E-state index contributed by atoms with van der Waals surface area (Å²) in [5.41, 5.74) is 0.384. The van der Waals surface area contributed by atoms with Gasteiger partial charge in [0.05, 0.1) is 23.5 Å². The lowest BCUT2D eigenvalue weighted by atomic mass is 10.3. The lowest BCUT2D eigenvalue weighted by Crippen LogP contribution is -2.38. The summed E-state index contributed by atoms with van der Waals surface area (Å²) < 4.78 is 37.9. The van der Waals surface area contributed by atoms with E-state index in [-0.39, 0.29) is 11.6 Å². The van der Waals surface area contributed by atoms with Crippen LogP contribution in [0.2, 0.25) is 5.02 Å². The highest BCUT2D eigenvalue weighted by molar-refractivity contribution is 6.31. The van der Waals surface area contributed by atoms with E-state index in [4.69, 9.17) is 11.6 Å². The van der Waals surface area contributed by atoms with E-state index in [1.165, 1.54) is 10.9 Å². The molecule has 0 aliphatic rings. The molecular formula is C9H11ClF3N3O. The number of alkyl halides is 3. The molecule has 0 saturated carbocycles. The molecule has 0 aromatic carbocycles. The predicted octanol–water partition coefficient (Wildman–Crippen LogP) is 2.08. The van der Waals surface area contributed by atoms with Crippen molar-refractivity contribution in [3.05, 3.63) is 16.9 Å².